The summed E-state index contributed by atoms with van der Waals surface area (Å²) in [6.45, 7) is 6.89. The molecule has 1 aliphatic heterocycles. The number of nitrogens with one attached hydrogen (secondary N) is 2. The summed E-state index contributed by atoms with van der Waals surface area (Å²) in [6, 6.07) is 16.3. The van der Waals surface area contributed by atoms with Crippen LogP contribution in [0.25, 0.3) is 0 Å². The summed E-state index contributed by atoms with van der Waals surface area (Å²) in [5, 5.41) is 6.72. The Morgan fingerprint density at radius 3 is 2.70 bits per heavy atom. The molecule has 0 aliphatic carbocycles. The Balaban J connectivity index is 1.73. The third-order valence-corrected chi connectivity index (χ3v) is 5.13. The molecule has 0 bridgehead atoms. The van der Waals surface area contributed by atoms with Crippen molar-refractivity contribution in [2.75, 3.05) is 38.7 Å². The maximum atomic E-state index is 6.11. The zero-order valence-corrected chi connectivity index (χ0v) is 18.2. The van der Waals surface area contributed by atoms with Gasteiger partial charge in [0.1, 0.15) is 0 Å². The maximum Gasteiger partial charge on any atom is 0.195 e. The van der Waals surface area contributed by atoms with Crippen molar-refractivity contribution >= 4 is 11.6 Å². The molecular formula is C24H33N3O3. The molecule has 2 atom stereocenters. The van der Waals surface area contributed by atoms with E-state index in [1.54, 1.807) is 7.11 Å². The van der Waals surface area contributed by atoms with Crippen LogP contribution in [0.1, 0.15) is 38.4 Å². The van der Waals surface area contributed by atoms with Crippen LogP contribution in [0.3, 0.4) is 0 Å². The standard InChI is InChI=1S/C24H33N3O3/c1-4-25-24(27-20-13-14-21(28-3)22(16-20)29-5-2)26-17-19-12-9-15-30-23(19)18-10-7-6-8-11-18/h6-8,10-11,13-14,16,19,23H,4-5,9,12,15,17H2,1-3H3,(H2,25,26,27). The largest absolute Gasteiger partial charge is 0.493 e. The molecule has 2 aromatic carbocycles. The van der Waals surface area contributed by atoms with Crippen LogP contribution in [-0.2, 0) is 4.74 Å². The van der Waals surface area contributed by atoms with Gasteiger partial charge in [0.2, 0.25) is 0 Å². The first-order valence-electron chi connectivity index (χ1n) is 10.8. The third-order valence-electron chi connectivity index (χ3n) is 5.13. The quantitative estimate of drug-likeness (QED) is 0.489. The Bertz CT molecular complexity index is 811. The molecule has 1 fully saturated rings. The lowest BCUT2D eigenvalue weighted by molar-refractivity contribution is -0.0250. The molecule has 3 rings (SSSR count). The highest BCUT2D eigenvalue weighted by Gasteiger charge is 2.27. The number of hydrogen-bond acceptors (Lipinski definition) is 4. The fraction of sp³-hybridized carbons (Fsp3) is 0.458. The summed E-state index contributed by atoms with van der Waals surface area (Å²) < 4.78 is 17.2. The monoisotopic (exact) mass is 411 g/mol. The fourth-order valence-corrected chi connectivity index (χ4v) is 3.72. The molecule has 1 saturated heterocycles. The van der Waals surface area contributed by atoms with Gasteiger partial charge in [-0.1, -0.05) is 30.3 Å². The molecule has 0 saturated carbocycles. The smallest absolute Gasteiger partial charge is 0.195 e. The molecule has 2 aromatic rings. The molecule has 162 valence electrons. The Hall–Kier alpha value is -2.73. The van der Waals surface area contributed by atoms with Crippen molar-refractivity contribution in [1.29, 1.82) is 0 Å². The van der Waals surface area contributed by atoms with Gasteiger partial charge in [0.05, 0.1) is 19.8 Å². The first-order valence-corrected chi connectivity index (χ1v) is 10.8. The SMILES string of the molecule is CCNC(=NCC1CCCOC1c1ccccc1)Nc1ccc(OC)c(OCC)c1. The van der Waals surface area contributed by atoms with Crippen molar-refractivity contribution in [1.82, 2.24) is 5.32 Å². The van der Waals surface area contributed by atoms with Crippen molar-refractivity contribution in [3.63, 3.8) is 0 Å². The number of benzene rings is 2. The summed E-state index contributed by atoms with van der Waals surface area (Å²) >= 11 is 0. The third kappa shape index (κ3) is 5.89. The van der Waals surface area contributed by atoms with E-state index >= 15 is 0 Å². The van der Waals surface area contributed by atoms with E-state index in [0.29, 0.717) is 24.8 Å². The number of aliphatic imine (C=N–C) groups is 1. The van der Waals surface area contributed by atoms with E-state index in [1.165, 1.54) is 5.56 Å². The van der Waals surface area contributed by atoms with Crippen LogP contribution in [0.15, 0.2) is 53.5 Å². The molecule has 0 amide bonds. The van der Waals surface area contributed by atoms with Crippen LogP contribution >= 0.6 is 0 Å². The molecule has 6 nitrogen and oxygen atoms in total. The van der Waals surface area contributed by atoms with E-state index in [0.717, 1.165) is 43.4 Å². The molecule has 0 spiro atoms. The Labute approximate surface area is 179 Å². The van der Waals surface area contributed by atoms with Gasteiger partial charge in [0, 0.05) is 37.4 Å². The highest BCUT2D eigenvalue weighted by atomic mass is 16.5. The molecule has 30 heavy (non-hydrogen) atoms. The van der Waals surface area contributed by atoms with Crippen molar-refractivity contribution in [2.45, 2.75) is 32.8 Å². The normalized spacial score (nSPS) is 19.2. The zero-order chi connectivity index (χ0) is 21.2. The molecule has 2 unspecified atom stereocenters. The molecule has 0 radical (unpaired) electrons. The molecule has 6 heteroatoms. The Kier molecular flexibility index (Phi) is 8.39. The minimum Gasteiger partial charge on any atom is -0.493 e. The lowest BCUT2D eigenvalue weighted by Gasteiger charge is -2.31. The van der Waals surface area contributed by atoms with Gasteiger partial charge in [-0.25, -0.2) is 0 Å². The number of hydrogen-bond donors (Lipinski definition) is 2. The van der Waals surface area contributed by atoms with Gasteiger partial charge in [-0.15, -0.1) is 0 Å². The molecule has 1 heterocycles. The number of rotatable bonds is 8. The number of guanidine groups is 1. The summed E-state index contributed by atoms with van der Waals surface area (Å²) in [4.78, 5) is 4.87. The van der Waals surface area contributed by atoms with Crippen LogP contribution in [0, 0.1) is 5.92 Å². The molecule has 2 N–H and O–H groups in total. The van der Waals surface area contributed by atoms with Crippen molar-refractivity contribution in [3.05, 3.63) is 54.1 Å². The molecule has 0 aromatic heterocycles. The van der Waals surface area contributed by atoms with Crippen molar-refractivity contribution in [2.24, 2.45) is 10.9 Å². The van der Waals surface area contributed by atoms with Gasteiger partial charge < -0.3 is 24.8 Å². The number of ether oxygens (including phenoxy) is 3. The van der Waals surface area contributed by atoms with Gasteiger partial charge in [-0.2, -0.15) is 0 Å². The average molecular weight is 412 g/mol. The van der Waals surface area contributed by atoms with Gasteiger partial charge >= 0.3 is 0 Å². The van der Waals surface area contributed by atoms with E-state index in [1.807, 2.05) is 31.2 Å². The minimum absolute atomic E-state index is 0.0946. The fourth-order valence-electron chi connectivity index (χ4n) is 3.72. The molecule has 1 aliphatic rings. The summed E-state index contributed by atoms with van der Waals surface area (Å²) in [7, 11) is 1.64. The molecular weight excluding hydrogens is 378 g/mol. The average Bonchev–Trinajstić information content (AvgIpc) is 2.79. The van der Waals surface area contributed by atoms with E-state index < -0.39 is 0 Å². The maximum absolute atomic E-state index is 6.11. The van der Waals surface area contributed by atoms with Crippen LogP contribution in [0.2, 0.25) is 0 Å². The van der Waals surface area contributed by atoms with E-state index in [-0.39, 0.29) is 6.10 Å². The van der Waals surface area contributed by atoms with Gasteiger partial charge in [0.15, 0.2) is 17.5 Å². The lowest BCUT2D eigenvalue weighted by Crippen LogP contribution is -2.32. The van der Waals surface area contributed by atoms with Crippen LogP contribution in [0.5, 0.6) is 11.5 Å². The first kappa shape index (κ1) is 22.0. The van der Waals surface area contributed by atoms with E-state index in [2.05, 4.69) is 41.8 Å². The minimum atomic E-state index is 0.0946. The van der Waals surface area contributed by atoms with Crippen LogP contribution in [-0.4, -0.2) is 39.4 Å². The Morgan fingerprint density at radius 2 is 1.97 bits per heavy atom. The highest BCUT2D eigenvalue weighted by molar-refractivity contribution is 5.93. The second-order valence-corrected chi connectivity index (χ2v) is 7.25. The number of methoxy groups -OCH3 is 1. The summed E-state index contributed by atoms with van der Waals surface area (Å²) in [5.41, 5.74) is 2.13. The van der Waals surface area contributed by atoms with Crippen LogP contribution in [0.4, 0.5) is 5.69 Å². The van der Waals surface area contributed by atoms with E-state index in [4.69, 9.17) is 19.2 Å². The highest BCUT2D eigenvalue weighted by Crippen LogP contribution is 2.34. The number of anilines is 1. The van der Waals surface area contributed by atoms with E-state index in [9.17, 15) is 0 Å². The summed E-state index contributed by atoms with van der Waals surface area (Å²) in [6.07, 6.45) is 2.28. The van der Waals surface area contributed by atoms with Gasteiger partial charge in [0.25, 0.3) is 0 Å². The van der Waals surface area contributed by atoms with Crippen LogP contribution < -0.4 is 20.1 Å². The first-order chi connectivity index (χ1) is 14.7. The lowest BCUT2D eigenvalue weighted by atomic mass is 9.89. The zero-order valence-electron chi connectivity index (χ0n) is 18.2. The second-order valence-electron chi connectivity index (χ2n) is 7.25. The van der Waals surface area contributed by atoms with Crippen molar-refractivity contribution in [3.8, 4) is 11.5 Å². The van der Waals surface area contributed by atoms with Gasteiger partial charge in [-0.3, -0.25) is 4.99 Å². The predicted octanol–water partition coefficient (Wildman–Crippen LogP) is 4.64. The van der Waals surface area contributed by atoms with Crippen molar-refractivity contribution < 1.29 is 14.2 Å². The Morgan fingerprint density at radius 1 is 1.13 bits per heavy atom. The second kappa shape index (κ2) is 11.5. The topological polar surface area (TPSA) is 64.1 Å². The number of nitrogens with zero attached hydrogens (tertiary/aromatic N) is 1. The predicted molar refractivity (Wildman–Crippen MR) is 122 cm³/mol. The summed E-state index contributed by atoms with van der Waals surface area (Å²) in [5.74, 6) is 2.54. The van der Waals surface area contributed by atoms with Gasteiger partial charge in [-0.05, 0) is 44.4 Å².